The van der Waals surface area contributed by atoms with E-state index in [1.54, 1.807) is 12.4 Å². The van der Waals surface area contributed by atoms with Crippen molar-refractivity contribution in [3.05, 3.63) is 127 Å². The predicted octanol–water partition coefficient (Wildman–Crippen LogP) is 8.40. The second-order valence-electron chi connectivity index (χ2n) is 12.4. The number of hydrogen-bond acceptors (Lipinski definition) is 5. The molecule has 0 fully saturated rings. The first-order chi connectivity index (χ1) is 22.4. The Morgan fingerprint density at radius 2 is 1.43 bits per heavy atom. The topological polar surface area (TPSA) is 75.1 Å². The fraction of sp³-hybridized carbons (Fsp3) is 0.105. The van der Waals surface area contributed by atoms with Gasteiger partial charge >= 0.3 is 21.1 Å². The summed E-state index contributed by atoms with van der Waals surface area (Å²) in [5, 5.41) is 2.21. The maximum absolute atomic E-state index is 6.45. The number of rotatable bonds is 4. The third kappa shape index (κ3) is 4.62. The third-order valence-electron chi connectivity index (χ3n) is 8.44. The van der Waals surface area contributed by atoms with Gasteiger partial charge in [-0.05, 0) is 46.7 Å². The van der Waals surface area contributed by atoms with E-state index >= 15 is 0 Å². The molecule has 0 bridgehead atoms. The van der Waals surface area contributed by atoms with E-state index in [2.05, 4.69) is 89.9 Å². The molecule has 0 radical (unpaired) electrons. The third-order valence-corrected chi connectivity index (χ3v) is 8.44. The van der Waals surface area contributed by atoms with Crippen LogP contribution in [0, 0.1) is 12.1 Å². The Kier molecular flexibility index (Phi) is 6.74. The molecule has 0 amide bonds. The van der Waals surface area contributed by atoms with Gasteiger partial charge in [-0.3, -0.25) is 8.97 Å². The molecule has 0 atom stereocenters. The molecule has 0 aliphatic carbocycles. The van der Waals surface area contributed by atoms with Crippen LogP contribution in [0.1, 0.15) is 26.3 Å². The largest absolute Gasteiger partial charge is 2.00 e. The second kappa shape index (κ2) is 10.9. The van der Waals surface area contributed by atoms with E-state index in [1.165, 1.54) is 5.56 Å². The summed E-state index contributed by atoms with van der Waals surface area (Å²) in [4.78, 5) is 19.0. The second-order valence-corrected chi connectivity index (χ2v) is 12.4. The van der Waals surface area contributed by atoms with E-state index < -0.39 is 0 Å². The molecule has 0 N–H and O–H groups in total. The van der Waals surface area contributed by atoms with Gasteiger partial charge in [-0.25, -0.2) is 19.9 Å². The number of pyridine rings is 1. The molecule has 9 heteroatoms. The number of hydrogen-bond donors (Lipinski definition) is 0. The standard InChI is InChI=1S/C38H27N7O.Pt/c1-38(2,3)24-17-18-39-34(21-24)44-31-13-6-4-11-28(31)29-16-15-27(23-33(29)44)46-26-10-8-9-25(22-26)43-35-36(41-20-19-40-35)45-32-14-7-5-12-30(32)42-37(43)45;/h4-21H,1-3H3;/q-2;+2. The van der Waals surface area contributed by atoms with Crippen molar-refractivity contribution in [1.29, 1.82) is 0 Å². The summed E-state index contributed by atoms with van der Waals surface area (Å²) in [5.74, 6) is 2.67. The minimum Gasteiger partial charge on any atom is -0.509 e. The molecule has 8 nitrogen and oxygen atoms in total. The van der Waals surface area contributed by atoms with E-state index in [0.717, 1.165) is 50.0 Å². The number of nitrogens with zero attached hydrogens (tertiary/aromatic N) is 7. The molecular formula is C38H27N7OPt. The van der Waals surface area contributed by atoms with Crippen LogP contribution in [-0.2, 0) is 26.5 Å². The van der Waals surface area contributed by atoms with Crippen LogP contribution in [0.5, 0.6) is 11.5 Å². The van der Waals surface area contributed by atoms with Gasteiger partial charge in [0.05, 0.1) is 11.0 Å². The van der Waals surface area contributed by atoms with E-state index in [9.17, 15) is 0 Å². The maximum Gasteiger partial charge on any atom is 2.00 e. The van der Waals surface area contributed by atoms with Gasteiger partial charge < -0.3 is 9.30 Å². The van der Waals surface area contributed by atoms with Crippen LogP contribution in [0.4, 0.5) is 0 Å². The summed E-state index contributed by atoms with van der Waals surface area (Å²) in [7, 11) is 0. The van der Waals surface area contributed by atoms with Crippen LogP contribution in [0.2, 0.25) is 0 Å². The van der Waals surface area contributed by atoms with Crippen LogP contribution in [0.25, 0.3) is 61.4 Å². The van der Waals surface area contributed by atoms with Gasteiger partial charge in [0.15, 0.2) is 11.3 Å². The molecule has 9 aromatic rings. The summed E-state index contributed by atoms with van der Waals surface area (Å²) in [6, 6.07) is 37.5. The van der Waals surface area contributed by atoms with Crippen molar-refractivity contribution < 1.29 is 25.8 Å². The number of aromatic nitrogens is 7. The zero-order chi connectivity index (χ0) is 31.0. The van der Waals surface area contributed by atoms with Crippen molar-refractivity contribution in [2.45, 2.75) is 26.2 Å². The quantitative estimate of drug-likeness (QED) is 0.168. The monoisotopic (exact) mass is 792 g/mol. The Bertz CT molecular complexity index is 2630. The molecule has 5 heterocycles. The number of benzene rings is 4. The van der Waals surface area contributed by atoms with Gasteiger partial charge in [-0.1, -0.05) is 62.3 Å². The summed E-state index contributed by atoms with van der Waals surface area (Å²) in [6.07, 6.45) is 5.27. The normalized spacial score (nSPS) is 12.0. The molecule has 0 unspecified atom stereocenters. The Morgan fingerprint density at radius 3 is 2.28 bits per heavy atom. The smallest absolute Gasteiger partial charge is 0.509 e. The van der Waals surface area contributed by atoms with Gasteiger partial charge in [0.1, 0.15) is 5.82 Å². The van der Waals surface area contributed by atoms with Crippen molar-refractivity contribution in [2.24, 2.45) is 0 Å². The molecule has 0 spiro atoms. The minimum absolute atomic E-state index is 0. The molecule has 0 aliphatic rings. The Balaban J connectivity index is 0.00000324. The molecule has 5 aromatic heterocycles. The fourth-order valence-electron chi connectivity index (χ4n) is 6.25. The molecule has 4 aromatic carbocycles. The van der Waals surface area contributed by atoms with Gasteiger partial charge in [-0.15, -0.1) is 35.7 Å². The molecule has 0 saturated carbocycles. The summed E-state index contributed by atoms with van der Waals surface area (Å²) < 4.78 is 12.6. The Hall–Kier alpha value is -5.33. The predicted molar refractivity (Wildman–Crippen MR) is 180 cm³/mol. The van der Waals surface area contributed by atoms with Crippen LogP contribution >= 0.6 is 0 Å². The van der Waals surface area contributed by atoms with Crippen molar-refractivity contribution in [1.82, 2.24) is 33.5 Å². The molecule has 0 aliphatic heterocycles. The van der Waals surface area contributed by atoms with Gasteiger partial charge in [0, 0.05) is 35.6 Å². The molecule has 9 rings (SSSR count). The Morgan fingerprint density at radius 1 is 0.660 bits per heavy atom. The van der Waals surface area contributed by atoms with Crippen molar-refractivity contribution in [2.75, 3.05) is 0 Å². The van der Waals surface area contributed by atoms with Gasteiger partial charge in [-0.2, -0.15) is 12.1 Å². The molecule has 0 saturated heterocycles. The molecule has 47 heavy (non-hydrogen) atoms. The summed E-state index contributed by atoms with van der Waals surface area (Å²) in [5.41, 5.74) is 7.16. The zero-order valence-corrected chi connectivity index (χ0v) is 28.0. The van der Waals surface area contributed by atoms with Crippen LogP contribution in [-0.4, -0.2) is 33.5 Å². The van der Waals surface area contributed by atoms with Gasteiger partial charge in [0.25, 0.3) is 0 Å². The van der Waals surface area contributed by atoms with E-state index in [1.807, 2.05) is 63.7 Å². The maximum atomic E-state index is 6.45. The first-order valence-electron chi connectivity index (χ1n) is 15.2. The summed E-state index contributed by atoms with van der Waals surface area (Å²) in [6.45, 7) is 6.64. The van der Waals surface area contributed by atoms with Crippen LogP contribution in [0.3, 0.4) is 0 Å². The van der Waals surface area contributed by atoms with Gasteiger partial charge in [0.2, 0.25) is 5.78 Å². The zero-order valence-electron chi connectivity index (χ0n) is 25.7. The number of para-hydroxylation sites is 3. The number of ether oxygens (including phenoxy) is 1. The average Bonchev–Trinajstić information content (AvgIpc) is 3.71. The summed E-state index contributed by atoms with van der Waals surface area (Å²) >= 11 is 0. The molecular weight excluding hydrogens is 766 g/mol. The first kappa shape index (κ1) is 29.1. The number of imidazole rings is 2. The minimum atomic E-state index is -0.0133. The average molecular weight is 793 g/mol. The van der Waals surface area contributed by atoms with E-state index in [0.29, 0.717) is 22.9 Å². The SMILES string of the molecule is CC(C)(C)c1ccnc(-n2c3[c-]c(Oc4[c-]c(-n5c6nccnc6n6c7ccccc7nc56)ccc4)ccc3c3ccccc32)c1.[Pt+2]. The van der Waals surface area contributed by atoms with E-state index in [-0.39, 0.29) is 26.5 Å². The first-order valence-corrected chi connectivity index (χ1v) is 15.2. The number of fused-ring (bicyclic) bond motifs is 8. The fourth-order valence-corrected chi connectivity index (χ4v) is 6.25. The van der Waals surface area contributed by atoms with Crippen LogP contribution < -0.4 is 4.74 Å². The van der Waals surface area contributed by atoms with Crippen molar-refractivity contribution in [3.8, 4) is 23.0 Å². The Labute approximate surface area is 284 Å². The van der Waals surface area contributed by atoms with Crippen molar-refractivity contribution >= 4 is 49.9 Å². The van der Waals surface area contributed by atoms with E-state index in [4.69, 9.17) is 14.7 Å². The van der Waals surface area contributed by atoms with Crippen molar-refractivity contribution in [3.63, 3.8) is 0 Å². The molecule has 230 valence electrons. The van der Waals surface area contributed by atoms with Crippen LogP contribution in [0.15, 0.2) is 110 Å².